The quantitative estimate of drug-likeness (QED) is 0.511. The highest BCUT2D eigenvalue weighted by atomic mass is 16.5. The summed E-state index contributed by atoms with van der Waals surface area (Å²) >= 11 is 0. The van der Waals surface area contributed by atoms with Crippen molar-refractivity contribution in [2.75, 3.05) is 51.8 Å². The third-order valence-corrected chi connectivity index (χ3v) is 5.73. The van der Waals surface area contributed by atoms with Crippen LogP contribution in [-0.2, 0) is 6.42 Å². The van der Waals surface area contributed by atoms with Crippen LogP contribution in [0, 0.1) is 0 Å². The predicted octanol–water partition coefficient (Wildman–Crippen LogP) is 2.75. The average molecular weight is 425 g/mol. The second kappa shape index (κ2) is 9.78. The smallest absolute Gasteiger partial charge is 0.225 e. The van der Waals surface area contributed by atoms with Crippen molar-refractivity contribution < 1.29 is 13.9 Å². The van der Waals surface area contributed by atoms with Crippen molar-refractivity contribution in [1.82, 2.24) is 14.9 Å². The minimum absolute atomic E-state index is 0.00122. The van der Waals surface area contributed by atoms with Gasteiger partial charge in [0.15, 0.2) is 16.9 Å². The first-order chi connectivity index (χ1) is 15.2. The lowest BCUT2D eigenvalue weighted by Gasteiger charge is -2.34. The number of hydrogen-bond acceptors (Lipinski definition) is 8. The van der Waals surface area contributed by atoms with Crippen molar-refractivity contribution >= 4 is 16.9 Å². The third-order valence-electron chi connectivity index (χ3n) is 5.73. The molecule has 0 aliphatic carbocycles. The Morgan fingerprint density at radius 3 is 2.42 bits per heavy atom. The van der Waals surface area contributed by atoms with Crippen molar-refractivity contribution in [2.45, 2.75) is 19.3 Å². The molecule has 1 fully saturated rings. The lowest BCUT2D eigenvalue weighted by molar-refractivity contribution is 0.252. The lowest BCUT2D eigenvalue weighted by atomic mass is 10.1. The van der Waals surface area contributed by atoms with Crippen LogP contribution in [0.25, 0.3) is 11.0 Å². The third kappa shape index (κ3) is 4.80. The summed E-state index contributed by atoms with van der Waals surface area (Å²) in [5.41, 5.74) is 1.20. The molecule has 0 unspecified atom stereocenters. The Kier molecular flexibility index (Phi) is 6.66. The van der Waals surface area contributed by atoms with Gasteiger partial charge in [0.1, 0.15) is 5.58 Å². The SMILES string of the molecule is COc1cc2occ(CCCCN3CCN(c4ncccn4)CC3)c(=O)c2cc1OC. The molecule has 1 aromatic carbocycles. The van der Waals surface area contributed by atoms with Crippen LogP contribution in [0.1, 0.15) is 18.4 Å². The molecule has 3 aromatic rings. The molecule has 2 aromatic heterocycles. The number of hydrogen-bond donors (Lipinski definition) is 0. The van der Waals surface area contributed by atoms with Gasteiger partial charge in [-0.15, -0.1) is 0 Å². The van der Waals surface area contributed by atoms with Gasteiger partial charge in [0, 0.05) is 50.2 Å². The maximum atomic E-state index is 12.9. The van der Waals surface area contributed by atoms with Crippen LogP contribution >= 0.6 is 0 Å². The van der Waals surface area contributed by atoms with Gasteiger partial charge in [-0.2, -0.15) is 0 Å². The Hall–Kier alpha value is -3.13. The molecule has 1 saturated heterocycles. The zero-order chi connectivity index (χ0) is 21.6. The van der Waals surface area contributed by atoms with E-state index in [1.54, 1.807) is 45.0 Å². The minimum atomic E-state index is -0.00122. The summed E-state index contributed by atoms with van der Waals surface area (Å²) in [6, 6.07) is 5.22. The summed E-state index contributed by atoms with van der Waals surface area (Å²) in [5.74, 6) is 1.88. The fourth-order valence-electron chi connectivity index (χ4n) is 3.95. The van der Waals surface area contributed by atoms with E-state index < -0.39 is 0 Å². The van der Waals surface area contributed by atoms with Gasteiger partial charge in [-0.05, 0) is 37.9 Å². The van der Waals surface area contributed by atoms with E-state index in [9.17, 15) is 4.79 Å². The van der Waals surface area contributed by atoms with Gasteiger partial charge in [-0.3, -0.25) is 9.69 Å². The van der Waals surface area contributed by atoms with Gasteiger partial charge in [0.2, 0.25) is 5.95 Å². The first kappa shape index (κ1) is 21.1. The molecule has 0 N–H and O–H groups in total. The summed E-state index contributed by atoms with van der Waals surface area (Å²) in [5, 5.41) is 0.523. The summed E-state index contributed by atoms with van der Waals surface area (Å²) in [4.78, 5) is 26.2. The van der Waals surface area contributed by atoms with E-state index in [0.29, 0.717) is 34.5 Å². The van der Waals surface area contributed by atoms with E-state index in [-0.39, 0.29) is 5.43 Å². The molecule has 0 radical (unpaired) electrons. The van der Waals surface area contributed by atoms with Crippen molar-refractivity contribution in [2.24, 2.45) is 0 Å². The number of piperazine rings is 1. The molecule has 0 amide bonds. The largest absolute Gasteiger partial charge is 0.493 e. The maximum Gasteiger partial charge on any atom is 0.225 e. The van der Waals surface area contributed by atoms with Crippen LogP contribution in [0.4, 0.5) is 5.95 Å². The number of methoxy groups -OCH3 is 2. The molecule has 4 rings (SSSR count). The van der Waals surface area contributed by atoms with E-state index in [0.717, 1.165) is 51.5 Å². The fourth-order valence-corrected chi connectivity index (χ4v) is 3.95. The number of anilines is 1. The number of fused-ring (bicyclic) bond motifs is 1. The standard InChI is InChI=1S/C23H28N4O4/c1-29-20-14-18-19(15-21(20)30-2)31-16-17(22(18)28)6-3-4-9-26-10-12-27(13-11-26)23-24-7-5-8-25-23/h5,7-8,14-16H,3-4,6,9-13H2,1-2H3. The van der Waals surface area contributed by atoms with Gasteiger partial charge in [0.25, 0.3) is 0 Å². The number of unbranched alkanes of at least 4 members (excludes halogenated alkanes) is 1. The van der Waals surface area contributed by atoms with E-state index in [1.165, 1.54) is 0 Å². The molecule has 8 heteroatoms. The number of aromatic nitrogens is 2. The normalized spacial score (nSPS) is 14.7. The second-order valence-electron chi connectivity index (χ2n) is 7.63. The highest BCUT2D eigenvalue weighted by Gasteiger charge is 2.18. The molecule has 31 heavy (non-hydrogen) atoms. The Morgan fingerprint density at radius 2 is 1.71 bits per heavy atom. The highest BCUT2D eigenvalue weighted by molar-refractivity contribution is 5.81. The van der Waals surface area contributed by atoms with Crippen LogP contribution in [0.2, 0.25) is 0 Å². The van der Waals surface area contributed by atoms with Gasteiger partial charge < -0.3 is 18.8 Å². The zero-order valence-corrected chi connectivity index (χ0v) is 18.0. The predicted molar refractivity (Wildman–Crippen MR) is 119 cm³/mol. The van der Waals surface area contributed by atoms with Crippen molar-refractivity contribution in [3.63, 3.8) is 0 Å². The lowest BCUT2D eigenvalue weighted by Crippen LogP contribution is -2.47. The fraction of sp³-hybridized carbons (Fsp3) is 0.435. The van der Waals surface area contributed by atoms with E-state index in [4.69, 9.17) is 13.9 Å². The molecule has 0 saturated carbocycles. The molecular formula is C23H28N4O4. The van der Waals surface area contributed by atoms with Gasteiger partial charge in [-0.25, -0.2) is 9.97 Å². The molecule has 8 nitrogen and oxygen atoms in total. The number of benzene rings is 1. The molecular weight excluding hydrogens is 396 g/mol. The highest BCUT2D eigenvalue weighted by Crippen LogP contribution is 2.31. The zero-order valence-electron chi connectivity index (χ0n) is 18.0. The molecule has 0 bridgehead atoms. The topological polar surface area (TPSA) is 80.9 Å². The Morgan fingerprint density at radius 1 is 1.00 bits per heavy atom. The summed E-state index contributed by atoms with van der Waals surface area (Å²) in [7, 11) is 3.12. The summed E-state index contributed by atoms with van der Waals surface area (Å²) in [6.07, 6.45) is 7.81. The summed E-state index contributed by atoms with van der Waals surface area (Å²) < 4.78 is 16.3. The van der Waals surface area contributed by atoms with E-state index in [1.807, 2.05) is 6.07 Å². The van der Waals surface area contributed by atoms with Gasteiger partial charge in [-0.1, -0.05) is 0 Å². The van der Waals surface area contributed by atoms with Crippen molar-refractivity contribution in [3.05, 3.63) is 52.6 Å². The number of rotatable bonds is 8. The maximum absolute atomic E-state index is 12.9. The van der Waals surface area contributed by atoms with Gasteiger partial charge >= 0.3 is 0 Å². The van der Waals surface area contributed by atoms with Crippen LogP contribution in [0.3, 0.4) is 0 Å². The summed E-state index contributed by atoms with van der Waals surface area (Å²) in [6.45, 7) is 4.89. The van der Waals surface area contributed by atoms with E-state index in [2.05, 4.69) is 19.8 Å². The average Bonchev–Trinajstić information content (AvgIpc) is 2.83. The van der Waals surface area contributed by atoms with E-state index >= 15 is 0 Å². The molecule has 1 aliphatic rings. The molecule has 1 aliphatic heterocycles. The Balaban J connectivity index is 1.29. The number of nitrogens with zero attached hydrogens (tertiary/aromatic N) is 4. The number of aryl methyl sites for hydroxylation is 1. The van der Waals surface area contributed by atoms with Crippen LogP contribution in [0.15, 0.2) is 46.1 Å². The monoisotopic (exact) mass is 424 g/mol. The van der Waals surface area contributed by atoms with Crippen LogP contribution < -0.4 is 19.8 Å². The number of ether oxygens (including phenoxy) is 2. The second-order valence-corrected chi connectivity index (χ2v) is 7.63. The first-order valence-electron chi connectivity index (χ1n) is 10.6. The Bertz CT molecular complexity index is 1060. The molecule has 0 atom stereocenters. The van der Waals surface area contributed by atoms with Crippen molar-refractivity contribution in [1.29, 1.82) is 0 Å². The van der Waals surface area contributed by atoms with Crippen LogP contribution in [0.5, 0.6) is 11.5 Å². The molecule has 0 spiro atoms. The van der Waals surface area contributed by atoms with Crippen molar-refractivity contribution in [3.8, 4) is 11.5 Å². The van der Waals surface area contributed by atoms with Gasteiger partial charge in [0.05, 0.1) is 25.9 Å². The first-order valence-corrected chi connectivity index (χ1v) is 10.6. The molecule has 3 heterocycles. The Labute approximate surface area is 181 Å². The van der Waals surface area contributed by atoms with Crippen LogP contribution in [-0.4, -0.2) is 61.8 Å². The minimum Gasteiger partial charge on any atom is -0.493 e. The molecule has 164 valence electrons.